The zero-order valence-electron chi connectivity index (χ0n) is 7.67. The molecule has 76 valence electrons. The molecule has 0 aliphatic rings. The van der Waals surface area contributed by atoms with Crippen LogP contribution in [0.15, 0.2) is 18.3 Å². The van der Waals surface area contributed by atoms with Crippen molar-refractivity contribution in [2.45, 2.75) is 6.04 Å². The lowest BCUT2D eigenvalue weighted by molar-refractivity contribution is -0.142. The van der Waals surface area contributed by atoms with E-state index in [0.29, 0.717) is 5.82 Å². The Labute approximate surface area is 80.9 Å². The highest BCUT2D eigenvalue weighted by Gasteiger charge is 2.17. The van der Waals surface area contributed by atoms with Gasteiger partial charge in [0.1, 0.15) is 11.9 Å². The number of nitrogens with one attached hydrogen (secondary N) is 1. The zero-order valence-corrected chi connectivity index (χ0v) is 7.67. The lowest BCUT2D eigenvalue weighted by Gasteiger charge is -2.13. The van der Waals surface area contributed by atoms with Crippen LogP contribution in [0.1, 0.15) is 0 Å². The summed E-state index contributed by atoms with van der Waals surface area (Å²) in [6, 6.07) is 2.50. The first-order valence-electron chi connectivity index (χ1n) is 4.01. The summed E-state index contributed by atoms with van der Waals surface area (Å²) in [7, 11) is 1.25. The van der Waals surface area contributed by atoms with E-state index >= 15 is 0 Å². The minimum Gasteiger partial charge on any atom is -0.467 e. The van der Waals surface area contributed by atoms with Crippen LogP contribution in [-0.4, -0.2) is 41.0 Å². The van der Waals surface area contributed by atoms with Gasteiger partial charge in [-0.1, -0.05) is 0 Å². The van der Waals surface area contributed by atoms with Crippen LogP contribution in [0.5, 0.6) is 0 Å². The van der Waals surface area contributed by atoms with E-state index in [0.717, 1.165) is 0 Å². The number of methoxy groups -OCH3 is 1. The number of hydrogen-bond acceptors (Lipinski definition) is 6. The molecule has 0 fully saturated rings. The van der Waals surface area contributed by atoms with Gasteiger partial charge in [-0.15, -0.1) is 5.10 Å². The van der Waals surface area contributed by atoms with Crippen LogP contribution in [0, 0.1) is 0 Å². The monoisotopic (exact) mass is 197 g/mol. The Morgan fingerprint density at radius 2 is 2.57 bits per heavy atom. The maximum Gasteiger partial charge on any atom is 0.330 e. The third-order valence-corrected chi connectivity index (χ3v) is 1.56. The van der Waals surface area contributed by atoms with E-state index in [2.05, 4.69) is 20.3 Å². The second-order valence-electron chi connectivity index (χ2n) is 2.51. The molecule has 0 radical (unpaired) electrons. The molecule has 14 heavy (non-hydrogen) atoms. The van der Waals surface area contributed by atoms with E-state index in [9.17, 15) is 4.79 Å². The number of carbonyl (C=O) groups excluding carboxylic acids is 1. The molecule has 2 N–H and O–H groups in total. The Hall–Kier alpha value is -1.69. The number of rotatable bonds is 4. The number of esters is 1. The first kappa shape index (κ1) is 10.4. The van der Waals surface area contributed by atoms with Gasteiger partial charge in [-0.2, -0.15) is 5.10 Å². The molecule has 0 aliphatic carbocycles. The van der Waals surface area contributed by atoms with Gasteiger partial charge in [0.05, 0.1) is 13.7 Å². The summed E-state index contributed by atoms with van der Waals surface area (Å²) >= 11 is 0. The standard InChI is InChI=1S/C8H11N3O3/c1-14-8(13)6(5-12)10-7-3-2-4-9-11-7/h2-4,6,12H,5H2,1H3,(H,10,11). The van der Waals surface area contributed by atoms with Gasteiger partial charge in [-0.05, 0) is 12.1 Å². The van der Waals surface area contributed by atoms with Crippen LogP contribution in [0.4, 0.5) is 5.82 Å². The van der Waals surface area contributed by atoms with Gasteiger partial charge < -0.3 is 15.2 Å². The molecule has 1 heterocycles. The SMILES string of the molecule is COC(=O)C(CO)Nc1cccnn1. The van der Waals surface area contributed by atoms with E-state index < -0.39 is 12.0 Å². The molecule has 1 aromatic heterocycles. The van der Waals surface area contributed by atoms with Crippen LogP contribution in [-0.2, 0) is 9.53 Å². The summed E-state index contributed by atoms with van der Waals surface area (Å²) in [4.78, 5) is 11.1. The zero-order chi connectivity index (χ0) is 10.4. The molecule has 6 nitrogen and oxygen atoms in total. The fraction of sp³-hybridized carbons (Fsp3) is 0.375. The van der Waals surface area contributed by atoms with Crippen LogP contribution in [0.25, 0.3) is 0 Å². The third-order valence-electron chi connectivity index (χ3n) is 1.56. The van der Waals surface area contributed by atoms with Crippen LogP contribution >= 0.6 is 0 Å². The van der Waals surface area contributed by atoms with Gasteiger partial charge in [-0.25, -0.2) is 4.79 Å². The Morgan fingerprint density at radius 3 is 3.07 bits per heavy atom. The van der Waals surface area contributed by atoms with Crippen LogP contribution in [0.2, 0.25) is 0 Å². The minimum atomic E-state index is -0.809. The van der Waals surface area contributed by atoms with Crippen molar-refractivity contribution in [2.75, 3.05) is 19.0 Å². The quantitative estimate of drug-likeness (QED) is 0.628. The van der Waals surface area contributed by atoms with Gasteiger partial charge in [0.15, 0.2) is 0 Å². The molecule has 0 saturated carbocycles. The number of carbonyl (C=O) groups is 1. The lowest BCUT2D eigenvalue weighted by Crippen LogP contribution is -2.34. The highest BCUT2D eigenvalue weighted by Crippen LogP contribution is 2.01. The van der Waals surface area contributed by atoms with E-state index in [4.69, 9.17) is 5.11 Å². The van der Waals surface area contributed by atoms with Crippen molar-refractivity contribution in [3.05, 3.63) is 18.3 Å². The normalized spacial score (nSPS) is 11.9. The molecule has 1 aromatic rings. The highest BCUT2D eigenvalue weighted by atomic mass is 16.5. The van der Waals surface area contributed by atoms with Crippen molar-refractivity contribution in [1.82, 2.24) is 10.2 Å². The van der Waals surface area contributed by atoms with E-state index in [1.54, 1.807) is 12.1 Å². The Bertz CT molecular complexity index is 291. The fourth-order valence-corrected chi connectivity index (χ4v) is 0.878. The van der Waals surface area contributed by atoms with Crippen LogP contribution < -0.4 is 5.32 Å². The fourth-order valence-electron chi connectivity index (χ4n) is 0.878. The Morgan fingerprint density at radius 1 is 1.79 bits per heavy atom. The molecule has 0 amide bonds. The molecule has 0 bridgehead atoms. The molecule has 0 aromatic carbocycles. The molecule has 1 rings (SSSR count). The predicted octanol–water partition coefficient (Wildman–Crippen LogP) is -0.578. The summed E-state index contributed by atoms with van der Waals surface area (Å²) in [6.07, 6.45) is 1.51. The first-order valence-corrected chi connectivity index (χ1v) is 4.01. The number of aromatic nitrogens is 2. The highest BCUT2D eigenvalue weighted by molar-refractivity contribution is 5.78. The molecule has 1 atom stereocenters. The second kappa shape index (κ2) is 5.13. The smallest absolute Gasteiger partial charge is 0.330 e. The van der Waals surface area contributed by atoms with Gasteiger partial charge in [0, 0.05) is 6.20 Å². The van der Waals surface area contributed by atoms with Gasteiger partial charge in [0.25, 0.3) is 0 Å². The van der Waals surface area contributed by atoms with Crippen molar-refractivity contribution in [1.29, 1.82) is 0 Å². The van der Waals surface area contributed by atoms with E-state index in [-0.39, 0.29) is 6.61 Å². The maximum atomic E-state index is 11.1. The summed E-state index contributed by atoms with van der Waals surface area (Å²) < 4.78 is 4.47. The summed E-state index contributed by atoms with van der Waals surface area (Å²) in [5, 5.41) is 18.9. The van der Waals surface area contributed by atoms with Gasteiger partial charge in [-0.3, -0.25) is 0 Å². The molecular formula is C8H11N3O3. The summed E-state index contributed by atoms with van der Waals surface area (Å²) in [5.41, 5.74) is 0. The Kier molecular flexibility index (Phi) is 3.81. The number of ether oxygens (including phenoxy) is 1. The molecule has 0 saturated heterocycles. The van der Waals surface area contributed by atoms with Crippen molar-refractivity contribution in [3.63, 3.8) is 0 Å². The maximum absolute atomic E-state index is 11.1. The second-order valence-corrected chi connectivity index (χ2v) is 2.51. The molecular weight excluding hydrogens is 186 g/mol. The summed E-state index contributed by atoms with van der Waals surface area (Å²) in [5.74, 6) is -0.130. The minimum absolute atomic E-state index is 0.358. The molecule has 6 heteroatoms. The number of nitrogens with zero attached hydrogens (tertiary/aromatic N) is 2. The van der Waals surface area contributed by atoms with Gasteiger partial charge >= 0.3 is 5.97 Å². The number of aliphatic hydroxyl groups excluding tert-OH is 1. The number of hydrogen-bond donors (Lipinski definition) is 2. The van der Waals surface area contributed by atoms with Crippen molar-refractivity contribution in [2.24, 2.45) is 0 Å². The number of anilines is 1. The van der Waals surface area contributed by atoms with Crippen LogP contribution in [0.3, 0.4) is 0 Å². The lowest BCUT2D eigenvalue weighted by atomic mass is 10.3. The van der Waals surface area contributed by atoms with Crippen molar-refractivity contribution < 1.29 is 14.6 Å². The Balaban J connectivity index is 2.62. The van der Waals surface area contributed by atoms with E-state index in [1.165, 1.54) is 13.3 Å². The first-order chi connectivity index (χ1) is 6.77. The third kappa shape index (κ3) is 2.67. The molecule has 0 spiro atoms. The number of aliphatic hydroxyl groups is 1. The average Bonchev–Trinajstić information content (AvgIpc) is 2.26. The predicted molar refractivity (Wildman–Crippen MR) is 48.5 cm³/mol. The van der Waals surface area contributed by atoms with E-state index in [1.807, 2.05) is 0 Å². The van der Waals surface area contributed by atoms with Crippen molar-refractivity contribution >= 4 is 11.8 Å². The van der Waals surface area contributed by atoms with Crippen molar-refractivity contribution in [3.8, 4) is 0 Å². The van der Waals surface area contributed by atoms with Gasteiger partial charge in [0.2, 0.25) is 0 Å². The topological polar surface area (TPSA) is 84.3 Å². The summed E-state index contributed by atoms with van der Waals surface area (Å²) in [6.45, 7) is -0.358. The molecule has 1 unspecified atom stereocenters. The largest absolute Gasteiger partial charge is 0.467 e. The molecule has 0 aliphatic heterocycles. The average molecular weight is 197 g/mol.